The van der Waals surface area contributed by atoms with Gasteiger partial charge in [-0.1, -0.05) is 56.1 Å². The van der Waals surface area contributed by atoms with Gasteiger partial charge < -0.3 is 23.7 Å². The van der Waals surface area contributed by atoms with Gasteiger partial charge in [-0.15, -0.1) is 6.58 Å². The highest BCUT2D eigenvalue weighted by atomic mass is 16.7. The Hall–Kier alpha value is -5.21. The molecule has 0 aliphatic heterocycles. The van der Waals surface area contributed by atoms with Crippen LogP contribution in [0.25, 0.3) is 22.3 Å². The first kappa shape index (κ1) is 29.3. The number of carbonyl (C=O) groups is 3. The molecule has 0 atom stereocenters. The Balaban J connectivity index is 1.96. The molecule has 0 amide bonds. The molecule has 0 saturated heterocycles. The number of hydrogen-bond donors (Lipinski definition) is 0. The number of aryl methyl sites for hydroxylation is 1. The number of rotatable bonds is 13. The van der Waals surface area contributed by atoms with Gasteiger partial charge in [0.15, 0.2) is 29.8 Å². The molecule has 0 spiro atoms. The molecule has 0 aliphatic rings. The number of ether oxygens (including phenoxy) is 5. The van der Waals surface area contributed by atoms with Gasteiger partial charge in [-0.3, -0.25) is 0 Å². The minimum atomic E-state index is -0.699. The Bertz CT molecular complexity index is 1470. The minimum absolute atomic E-state index is 0.0613. The van der Waals surface area contributed by atoms with Crippen LogP contribution in [0.1, 0.15) is 5.56 Å². The monoisotopic (exact) mass is 540 g/mol. The van der Waals surface area contributed by atoms with Crippen molar-refractivity contribution in [2.45, 2.75) is 6.92 Å². The van der Waals surface area contributed by atoms with Crippen molar-refractivity contribution in [2.24, 2.45) is 0 Å². The molecule has 3 aromatic carbocycles. The van der Waals surface area contributed by atoms with E-state index in [1.807, 2.05) is 25.1 Å². The Labute approximate surface area is 232 Å². The van der Waals surface area contributed by atoms with Gasteiger partial charge in [0.25, 0.3) is 0 Å². The molecule has 8 nitrogen and oxygen atoms in total. The van der Waals surface area contributed by atoms with Crippen molar-refractivity contribution in [3.8, 4) is 45.3 Å². The highest BCUT2D eigenvalue weighted by molar-refractivity contribution is 5.87. The standard InChI is InChI=1S/C32H28O8/c1-6-16-36-20-37-28-18-23(11-14-26(28)38-30(33)7-2)22-10-13-25(21(5)17-22)24-12-15-27(39-31(34)8-3)29(19-24)40-32(35)9-4/h6-15,17-19H,1-4,16,20H2,5H3. The second-order valence-electron chi connectivity index (χ2n) is 8.15. The van der Waals surface area contributed by atoms with Crippen LogP contribution in [-0.2, 0) is 19.1 Å². The molecule has 0 heterocycles. The molecular weight excluding hydrogens is 512 g/mol. The first-order chi connectivity index (χ1) is 19.3. The zero-order valence-electron chi connectivity index (χ0n) is 22.0. The summed E-state index contributed by atoms with van der Waals surface area (Å²) in [6.07, 6.45) is 4.68. The SMILES string of the molecule is C=CCOCOc1cc(-c2ccc(-c3ccc(OC(=O)C=C)c(OC(=O)C=C)c3)c(C)c2)ccc1OC(=O)C=C. The predicted molar refractivity (Wildman–Crippen MR) is 151 cm³/mol. The van der Waals surface area contributed by atoms with Gasteiger partial charge in [-0.2, -0.15) is 0 Å². The zero-order chi connectivity index (χ0) is 29.1. The Morgan fingerprint density at radius 1 is 0.650 bits per heavy atom. The third-order valence-electron chi connectivity index (χ3n) is 5.42. The van der Waals surface area contributed by atoms with E-state index in [0.717, 1.165) is 46.0 Å². The molecule has 3 rings (SSSR count). The molecule has 40 heavy (non-hydrogen) atoms. The lowest BCUT2D eigenvalue weighted by atomic mass is 9.95. The van der Waals surface area contributed by atoms with Crippen LogP contribution in [0, 0.1) is 6.92 Å². The van der Waals surface area contributed by atoms with Crippen molar-refractivity contribution in [1.29, 1.82) is 0 Å². The summed E-state index contributed by atoms with van der Waals surface area (Å²) >= 11 is 0. The predicted octanol–water partition coefficient (Wildman–Crippen LogP) is 6.14. The zero-order valence-corrected chi connectivity index (χ0v) is 22.0. The van der Waals surface area contributed by atoms with E-state index < -0.39 is 17.9 Å². The van der Waals surface area contributed by atoms with Crippen LogP contribution in [-0.4, -0.2) is 31.3 Å². The smallest absolute Gasteiger partial charge is 0.335 e. The maximum Gasteiger partial charge on any atom is 0.335 e. The summed E-state index contributed by atoms with van der Waals surface area (Å²) in [4.78, 5) is 35.4. The quantitative estimate of drug-likeness (QED) is 0.0637. The molecule has 0 aromatic heterocycles. The molecule has 8 heteroatoms. The molecule has 0 aliphatic carbocycles. The maximum absolute atomic E-state index is 11.9. The summed E-state index contributed by atoms with van der Waals surface area (Å²) in [5, 5.41) is 0. The largest absolute Gasteiger partial charge is 0.464 e. The summed E-state index contributed by atoms with van der Waals surface area (Å²) in [6.45, 7) is 16.0. The van der Waals surface area contributed by atoms with Crippen LogP contribution in [0.4, 0.5) is 0 Å². The summed E-state index contributed by atoms with van der Waals surface area (Å²) < 4.78 is 26.8. The van der Waals surface area contributed by atoms with Crippen LogP contribution < -0.4 is 18.9 Å². The van der Waals surface area contributed by atoms with Crippen molar-refractivity contribution in [3.05, 3.63) is 111 Å². The fraction of sp³-hybridized carbons (Fsp3) is 0.0938. The molecule has 0 radical (unpaired) electrons. The van der Waals surface area contributed by atoms with Crippen LogP contribution in [0.5, 0.6) is 23.0 Å². The average Bonchev–Trinajstić information content (AvgIpc) is 2.96. The first-order valence-electron chi connectivity index (χ1n) is 12.0. The van der Waals surface area contributed by atoms with Gasteiger partial charge in [0.05, 0.1) is 6.61 Å². The second kappa shape index (κ2) is 14.1. The van der Waals surface area contributed by atoms with Gasteiger partial charge in [0.1, 0.15) is 0 Å². The van der Waals surface area contributed by atoms with Gasteiger partial charge in [-0.25, -0.2) is 14.4 Å². The Morgan fingerprint density at radius 3 is 1.73 bits per heavy atom. The van der Waals surface area contributed by atoms with Gasteiger partial charge in [0, 0.05) is 18.2 Å². The van der Waals surface area contributed by atoms with E-state index >= 15 is 0 Å². The van der Waals surface area contributed by atoms with Gasteiger partial charge >= 0.3 is 17.9 Å². The molecule has 3 aromatic rings. The first-order valence-corrected chi connectivity index (χ1v) is 12.0. The molecule has 0 fully saturated rings. The van der Waals surface area contributed by atoms with Crippen molar-refractivity contribution in [1.82, 2.24) is 0 Å². The highest BCUT2D eigenvalue weighted by Gasteiger charge is 2.16. The molecule has 204 valence electrons. The lowest BCUT2D eigenvalue weighted by molar-refractivity contribution is -0.131. The molecule has 0 N–H and O–H groups in total. The lowest BCUT2D eigenvalue weighted by Gasteiger charge is -2.15. The van der Waals surface area contributed by atoms with Crippen LogP contribution >= 0.6 is 0 Å². The van der Waals surface area contributed by atoms with E-state index in [9.17, 15) is 14.4 Å². The van der Waals surface area contributed by atoms with E-state index in [-0.39, 0.29) is 24.0 Å². The second-order valence-corrected chi connectivity index (χ2v) is 8.15. The van der Waals surface area contributed by atoms with Crippen LogP contribution in [0.3, 0.4) is 0 Å². The van der Waals surface area contributed by atoms with E-state index in [1.54, 1.807) is 36.4 Å². The van der Waals surface area contributed by atoms with E-state index in [1.165, 1.54) is 6.07 Å². The fourth-order valence-electron chi connectivity index (χ4n) is 3.58. The highest BCUT2D eigenvalue weighted by Crippen LogP contribution is 2.37. The topological polar surface area (TPSA) is 97.4 Å². The summed E-state index contributed by atoms with van der Waals surface area (Å²) in [6, 6.07) is 15.9. The van der Waals surface area contributed by atoms with E-state index in [0.29, 0.717) is 12.4 Å². The van der Waals surface area contributed by atoms with Crippen LogP contribution in [0.2, 0.25) is 0 Å². The Kier molecular flexibility index (Phi) is 10.3. The minimum Gasteiger partial charge on any atom is -0.464 e. The summed E-state index contributed by atoms with van der Waals surface area (Å²) in [5.74, 6) is -1.33. The van der Waals surface area contributed by atoms with Crippen molar-refractivity contribution < 1.29 is 38.1 Å². The average molecular weight is 541 g/mol. The van der Waals surface area contributed by atoms with Crippen molar-refractivity contribution in [3.63, 3.8) is 0 Å². The normalized spacial score (nSPS) is 10.1. The van der Waals surface area contributed by atoms with E-state index in [2.05, 4.69) is 26.3 Å². The third-order valence-corrected chi connectivity index (χ3v) is 5.42. The molecule has 0 saturated carbocycles. The Morgan fingerprint density at radius 2 is 1.15 bits per heavy atom. The number of hydrogen-bond acceptors (Lipinski definition) is 8. The van der Waals surface area contributed by atoms with Crippen molar-refractivity contribution in [2.75, 3.05) is 13.4 Å². The lowest BCUT2D eigenvalue weighted by Crippen LogP contribution is -2.08. The fourth-order valence-corrected chi connectivity index (χ4v) is 3.58. The van der Waals surface area contributed by atoms with Gasteiger partial charge in [0.2, 0.25) is 0 Å². The maximum atomic E-state index is 11.9. The number of esters is 3. The summed E-state index contributed by atoms with van der Waals surface area (Å²) in [7, 11) is 0. The number of carbonyl (C=O) groups excluding carboxylic acids is 3. The van der Waals surface area contributed by atoms with Crippen molar-refractivity contribution >= 4 is 17.9 Å². The van der Waals surface area contributed by atoms with Gasteiger partial charge in [-0.05, 0) is 59.0 Å². The molecule has 0 unspecified atom stereocenters. The van der Waals surface area contributed by atoms with E-state index in [4.69, 9.17) is 23.7 Å². The third kappa shape index (κ3) is 7.66. The number of benzene rings is 3. The van der Waals surface area contributed by atoms with Crippen LogP contribution in [0.15, 0.2) is 105 Å². The molecule has 0 bridgehead atoms. The summed E-state index contributed by atoms with van der Waals surface area (Å²) in [5.41, 5.74) is 4.17. The molecular formula is C32H28O8.